The Hall–Kier alpha value is -3.55. The summed E-state index contributed by atoms with van der Waals surface area (Å²) in [6, 6.07) is 14.6. The summed E-state index contributed by atoms with van der Waals surface area (Å²) < 4.78 is 10.4. The van der Waals surface area contributed by atoms with E-state index in [0.717, 1.165) is 37.9 Å². The molecule has 3 amide bonds. The zero-order valence-electron chi connectivity index (χ0n) is 20.4. The third kappa shape index (κ3) is 6.12. The van der Waals surface area contributed by atoms with Gasteiger partial charge in [0.2, 0.25) is 5.91 Å². The number of likely N-dealkylation sites (tertiary alicyclic amines) is 2. The normalized spacial score (nSPS) is 16.7. The summed E-state index contributed by atoms with van der Waals surface area (Å²) >= 11 is 0. The fourth-order valence-corrected chi connectivity index (χ4v) is 4.98. The zero-order chi connectivity index (χ0) is 24.8. The van der Waals surface area contributed by atoms with Crippen LogP contribution in [0.2, 0.25) is 0 Å². The maximum Gasteiger partial charge on any atom is 0.321 e. The van der Waals surface area contributed by atoms with Crippen molar-refractivity contribution < 1.29 is 23.9 Å². The van der Waals surface area contributed by atoms with E-state index in [-0.39, 0.29) is 23.3 Å². The van der Waals surface area contributed by atoms with Crippen LogP contribution >= 0.6 is 0 Å². The van der Waals surface area contributed by atoms with Crippen LogP contribution in [0.3, 0.4) is 0 Å². The number of benzene rings is 2. The van der Waals surface area contributed by atoms with Gasteiger partial charge >= 0.3 is 12.0 Å². The van der Waals surface area contributed by atoms with Gasteiger partial charge in [-0.25, -0.2) is 4.79 Å². The highest BCUT2D eigenvalue weighted by atomic mass is 16.5. The average Bonchev–Trinajstić information content (AvgIpc) is 3.27. The van der Waals surface area contributed by atoms with Gasteiger partial charge in [-0.1, -0.05) is 24.3 Å². The molecule has 2 aliphatic heterocycles. The van der Waals surface area contributed by atoms with Crippen molar-refractivity contribution in [3.63, 3.8) is 0 Å². The second-order valence-electron chi connectivity index (χ2n) is 9.42. The molecule has 2 aliphatic rings. The molecular weight excluding hydrogens is 446 g/mol. The molecule has 2 saturated heterocycles. The summed E-state index contributed by atoms with van der Waals surface area (Å²) in [5, 5.41) is 2.96. The highest BCUT2D eigenvalue weighted by Crippen LogP contribution is 2.40. The van der Waals surface area contributed by atoms with Gasteiger partial charge in [-0.2, -0.15) is 0 Å². The molecule has 2 aromatic carbocycles. The molecule has 2 fully saturated rings. The number of anilines is 1. The van der Waals surface area contributed by atoms with E-state index in [4.69, 9.17) is 9.47 Å². The minimum atomic E-state index is -0.348. The second-order valence-corrected chi connectivity index (χ2v) is 9.42. The number of carbonyl (C=O) groups excluding carboxylic acids is 3. The lowest BCUT2D eigenvalue weighted by Crippen LogP contribution is -2.46. The van der Waals surface area contributed by atoms with Gasteiger partial charge in [0.1, 0.15) is 11.5 Å². The zero-order valence-corrected chi connectivity index (χ0v) is 20.4. The Labute approximate surface area is 206 Å². The van der Waals surface area contributed by atoms with Crippen molar-refractivity contribution >= 4 is 23.6 Å². The first-order valence-corrected chi connectivity index (χ1v) is 12.1. The quantitative estimate of drug-likeness (QED) is 0.498. The van der Waals surface area contributed by atoms with Crippen LogP contribution in [0.1, 0.15) is 38.2 Å². The number of hydrogen-bond donors (Lipinski definition) is 1. The van der Waals surface area contributed by atoms with Crippen molar-refractivity contribution in [2.75, 3.05) is 38.6 Å². The van der Waals surface area contributed by atoms with Gasteiger partial charge in [0, 0.05) is 39.5 Å². The molecule has 4 rings (SSSR count). The molecule has 0 aromatic heterocycles. The molecule has 2 heterocycles. The molecule has 0 saturated carbocycles. The largest absolute Gasteiger partial charge is 0.495 e. The number of methoxy groups -OCH3 is 1. The lowest BCUT2D eigenvalue weighted by molar-refractivity contribution is -0.132. The number of piperidine rings is 1. The molecule has 0 unspecified atom stereocenters. The van der Waals surface area contributed by atoms with E-state index in [1.54, 1.807) is 19.2 Å². The Morgan fingerprint density at radius 3 is 2.26 bits per heavy atom. The van der Waals surface area contributed by atoms with Crippen LogP contribution in [-0.4, -0.2) is 61.0 Å². The number of rotatable bonds is 6. The lowest BCUT2D eigenvalue weighted by Gasteiger charge is -2.39. The standard InChI is InChI=1S/C27H33N3O5/c1-20(31)35-22-10-7-21(8-11-22)9-12-25(32)30-18-15-27(19-30)13-16-29(17-14-27)26(33)28-23-5-3-4-6-24(23)34-2/h3-8,10-11H,9,12-19H2,1-2H3,(H,28,33). The van der Waals surface area contributed by atoms with Crippen LogP contribution in [0.25, 0.3) is 0 Å². The van der Waals surface area contributed by atoms with E-state index < -0.39 is 0 Å². The van der Waals surface area contributed by atoms with E-state index in [2.05, 4.69) is 5.32 Å². The highest BCUT2D eigenvalue weighted by Gasteiger charge is 2.42. The predicted molar refractivity (Wildman–Crippen MR) is 133 cm³/mol. The van der Waals surface area contributed by atoms with E-state index in [9.17, 15) is 14.4 Å². The van der Waals surface area contributed by atoms with Gasteiger partial charge in [0.05, 0.1) is 12.8 Å². The van der Waals surface area contributed by atoms with Gasteiger partial charge in [0.15, 0.2) is 0 Å². The van der Waals surface area contributed by atoms with E-state index in [1.807, 2.05) is 46.2 Å². The summed E-state index contributed by atoms with van der Waals surface area (Å²) in [5.74, 6) is 0.970. The summed E-state index contributed by atoms with van der Waals surface area (Å²) in [5.41, 5.74) is 1.80. The first-order chi connectivity index (χ1) is 16.9. The predicted octanol–water partition coefficient (Wildman–Crippen LogP) is 4.10. The monoisotopic (exact) mass is 479 g/mol. The summed E-state index contributed by atoms with van der Waals surface area (Å²) in [4.78, 5) is 40.5. The van der Waals surface area contributed by atoms with Crippen molar-refractivity contribution in [3.05, 3.63) is 54.1 Å². The Morgan fingerprint density at radius 2 is 1.60 bits per heavy atom. The molecule has 1 N–H and O–H groups in total. The van der Waals surface area contributed by atoms with Gasteiger partial charge in [0.25, 0.3) is 0 Å². The van der Waals surface area contributed by atoms with Crippen LogP contribution in [0.5, 0.6) is 11.5 Å². The molecule has 0 bridgehead atoms. The van der Waals surface area contributed by atoms with Crippen LogP contribution in [-0.2, 0) is 16.0 Å². The smallest absolute Gasteiger partial charge is 0.321 e. The van der Waals surface area contributed by atoms with Gasteiger partial charge in [-0.05, 0) is 60.9 Å². The minimum Gasteiger partial charge on any atom is -0.495 e. The fraction of sp³-hybridized carbons (Fsp3) is 0.444. The highest BCUT2D eigenvalue weighted by molar-refractivity contribution is 5.91. The molecule has 1 spiro atoms. The number of urea groups is 1. The molecule has 8 nitrogen and oxygen atoms in total. The topological polar surface area (TPSA) is 88.2 Å². The van der Waals surface area contributed by atoms with Crippen molar-refractivity contribution in [1.29, 1.82) is 0 Å². The number of nitrogens with zero attached hydrogens (tertiary/aromatic N) is 2. The maximum atomic E-state index is 12.9. The number of ether oxygens (including phenoxy) is 2. The maximum absolute atomic E-state index is 12.9. The molecular formula is C27H33N3O5. The van der Waals surface area contributed by atoms with Gasteiger partial charge in [-0.15, -0.1) is 0 Å². The first-order valence-electron chi connectivity index (χ1n) is 12.1. The summed E-state index contributed by atoms with van der Waals surface area (Å²) in [7, 11) is 1.59. The Morgan fingerprint density at radius 1 is 0.943 bits per heavy atom. The van der Waals surface area contributed by atoms with E-state index in [1.165, 1.54) is 6.92 Å². The van der Waals surface area contributed by atoms with Crippen LogP contribution < -0.4 is 14.8 Å². The summed E-state index contributed by atoms with van der Waals surface area (Å²) in [6.07, 6.45) is 3.88. The van der Waals surface area contributed by atoms with Crippen molar-refractivity contribution in [2.45, 2.75) is 39.0 Å². The van der Waals surface area contributed by atoms with E-state index >= 15 is 0 Å². The number of para-hydroxylation sites is 2. The Bertz CT molecular complexity index is 1060. The van der Waals surface area contributed by atoms with Crippen LogP contribution in [0, 0.1) is 5.41 Å². The van der Waals surface area contributed by atoms with E-state index in [0.29, 0.717) is 43.1 Å². The van der Waals surface area contributed by atoms with Gasteiger partial charge < -0.3 is 24.6 Å². The molecule has 0 radical (unpaired) electrons. The number of aryl methyl sites for hydroxylation is 1. The molecule has 2 aromatic rings. The third-order valence-electron chi connectivity index (χ3n) is 7.06. The molecule has 0 aliphatic carbocycles. The SMILES string of the molecule is COc1ccccc1NC(=O)N1CCC2(CCN(C(=O)CCc3ccc(OC(C)=O)cc3)C2)CC1. The number of nitrogens with one attached hydrogen (secondary N) is 1. The number of esters is 1. The third-order valence-corrected chi connectivity index (χ3v) is 7.06. The van der Waals surface area contributed by atoms with Crippen LogP contribution in [0.15, 0.2) is 48.5 Å². The average molecular weight is 480 g/mol. The molecule has 186 valence electrons. The Kier molecular flexibility index (Phi) is 7.58. The second kappa shape index (κ2) is 10.8. The van der Waals surface area contributed by atoms with Crippen LogP contribution in [0.4, 0.5) is 10.5 Å². The molecule has 8 heteroatoms. The number of carbonyl (C=O) groups is 3. The minimum absolute atomic E-state index is 0.0998. The number of amides is 3. The number of hydrogen-bond acceptors (Lipinski definition) is 5. The molecule has 35 heavy (non-hydrogen) atoms. The van der Waals surface area contributed by atoms with Crippen molar-refractivity contribution in [1.82, 2.24) is 9.80 Å². The summed E-state index contributed by atoms with van der Waals surface area (Å²) in [6.45, 7) is 4.27. The first kappa shape index (κ1) is 24.6. The van der Waals surface area contributed by atoms with Crippen molar-refractivity contribution in [2.24, 2.45) is 5.41 Å². The molecule has 0 atom stereocenters. The van der Waals surface area contributed by atoms with Crippen molar-refractivity contribution in [3.8, 4) is 11.5 Å². The Balaban J connectivity index is 1.23. The van der Waals surface area contributed by atoms with Gasteiger partial charge in [-0.3, -0.25) is 9.59 Å². The lowest BCUT2D eigenvalue weighted by atomic mass is 9.78. The fourth-order valence-electron chi connectivity index (χ4n) is 4.98.